The van der Waals surface area contributed by atoms with Crippen molar-refractivity contribution in [1.82, 2.24) is 0 Å². The van der Waals surface area contributed by atoms with Crippen molar-refractivity contribution < 1.29 is 14.6 Å². The topological polar surface area (TPSA) is 72.5 Å². The fourth-order valence-electron chi connectivity index (χ4n) is 2.26. The van der Waals surface area contributed by atoms with Crippen molar-refractivity contribution in [3.05, 3.63) is 23.3 Å². The van der Waals surface area contributed by atoms with Gasteiger partial charge >= 0.3 is 5.97 Å². The van der Waals surface area contributed by atoms with Crippen LogP contribution in [0, 0.1) is 0 Å². The molecule has 0 aliphatic heterocycles. The Bertz CT molecular complexity index is 634. The van der Waals surface area contributed by atoms with Gasteiger partial charge in [0.05, 0.1) is 11.3 Å². The molecule has 0 atom stereocenters. The van der Waals surface area contributed by atoms with E-state index in [1.807, 2.05) is 6.07 Å². The molecule has 5 heteroatoms. The van der Waals surface area contributed by atoms with E-state index in [0.29, 0.717) is 21.9 Å². The van der Waals surface area contributed by atoms with E-state index in [1.165, 1.54) is 11.3 Å². The number of phenols is 1. The van der Waals surface area contributed by atoms with E-state index in [0.717, 1.165) is 30.2 Å². The van der Waals surface area contributed by atoms with Crippen LogP contribution in [-0.2, 0) is 11.2 Å². The van der Waals surface area contributed by atoms with E-state index in [2.05, 4.69) is 6.92 Å². The minimum Gasteiger partial charge on any atom is -0.506 e. The smallest absolute Gasteiger partial charge is 0.341 e. The molecule has 0 unspecified atom stereocenters. The van der Waals surface area contributed by atoms with E-state index < -0.39 is 5.97 Å². The van der Waals surface area contributed by atoms with Crippen LogP contribution in [0.15, 0.2) is 12.1 Å². The van der Waals surface area contributed by atoms with Gasteiger partial charge in [0.1, 0.15) is 16.3 Å². The molecule has 4 nitrogen and oxygen atoms in total. The molecule has 0 radical (unpaired) electrons. The number of nitrogens with two attached hydrogens (primary N) is 1. The van der Waals surface area contributed by atoms with E-state index in [9.17, 15) is 9.90 Å². The molecule has 1 heterocycles. The van der Waals surface area contributed by atoms with Crippen molar-refractivity contribution in [2.45, 2.75) is 33.1 Å². The molecule has 108 valence electrons. The number of benzene rings is 1. The summed E-state index contributed by atoms with van der Waals surface area (Å²) in [4.78, 5) is 12.1. The first-order chi connectivity index (χ1) is 9.60. The third kappa shape index (κ3) is 2.58. The summed E-state index contributed by atoms with van der Waals surface area (Å²) in [6.07, 6.45) is 2.95. The molecule has 1 aromatic carbocycles. The van der Waals surface area contributed by atoms with Gasteiger partial charge in [0, 0.05) is 5.39 Å². The van der Waals surface area contributed by atoms with E-state index in [4.69, 9.17) is 10.5 Å². The van der Waals surface area contributed by atoms with Crippen LogP contribution >= 0.6 is 11.3 Å². The molecule has 0 saturated heterocycles. The molecule has 0 amide bonds. The van der Waals surface area contributed by atoms with Crippen molar-refractivity contribution in [1.29, 1.82) is 0 Å². The number of anilines is 1. The lowest BCUT2D eigenvalue weighted by atomic mass is 10.0. The van der Waals surface area contributed by atoms with E-state index in [1.54, 1.807) is 13.0 Å². The van der Waals surface area contributed by atoms with Crippen LogP contribution in [0.4, 0.5) is 5.00 Å². The average Bonchev–Trinajstić information content (AvgIpc) is 2.77. The van der Waals surface area contributed by atoms with Crippen molar-refractivity contribution in [3.8, 4) is 5.75 Å². The fourth-order valence-corrected chi connectivity index (χ4v) is 3.27. The monoisotopic (exact) mass is 293 g/mol. The molecule has 0 fully saturated rings. The van der Waals surface area contributed by atoms with Gasteiger partial charge in [-0.05, 0) is 31.4 Å². The highest BCUT2D eigenvalue weighted by molar-refractivity contribution is 7.23. The maximum Gasteiger partial charge on any atom is 0.341 e. The summed E-state index contributed by atoms with van der Waals surface area (Å²) in [6, 6.07) is 3.53. The molecule has 3 N–H and O–H groups in total. The van der Waals surface area contributed by atoms with Gasteiger partial charge in [-0.1, -0.05) is 19.4 Å². The third-order valence-electron chi connectivity index (χ3n) is 3.21. The summed E-state index contributed by atoms with van der Waals surface area (Å²) in [5.74, 6) is -0.257. The summed E-state index contributed by atoms with van der Waals surface area (Å²) in [5.41, 5.74) is 7.39. The van der Waals surface area contributed by atoms with Gasteiger partial charge in [0.15, 0.2) is 0 Å². The second-order valence-electron chi connectivity index (χ2n) is 4.61. The predicted molar refractivity (Wildman–Crippen MR) is 82.5 cm³/mol. The van der Waals surface area contributed by atoms with Gasteiger partial charge in [-0.15, -0.1) is 11.3 Å². The minimum atomic E-state index is -0.417. The maximum absolute atomic E-state index is 12.1. The van der Waals surface area contributed by atoms with Crippen LogP contribution in [-0.4, -0.2) is 17.7 Å². The van der Waals surface area contributed by atoms with Crippen LogP contribution in [0.3, 0.4) is 0 Å². The maximum atomic E-state index is 12.1. The van der Waals surface area contributed by atoms with Crippen LogP contribution < -0.4 is 5.73 Å². The summed E-state index contributed by atoms with van der Waals surface area (Å²) in [5, 5.41) is 11.1. The van der Waals surface area contributed by atoms with Gasteiger partial charge in [-0.3, -0.25) is 0 Å². The van der Waals surface area contributed by atoms with Crippen LogP contribution in [0.25, 0.3) is 10.1 Å². The average molecular weight is 293 g/mol. The number of aromatic hydroxyl groups is 1. The Hall–Kier alpha value is -1.75. The summed E-state index contributed by atoms with van der Waals surface area (Å²) >= 11 is 1.23. The van der Waals surface area contributed by atoms with Gasteiger partial charge in [0.25, 0.3) is 0 Å². The van der Waals surface area contributed by atoms with Crippen molar-refractivity contribution >= 4 is 32.4 Å². The molecular weight excluding hydrogens is 274 g/mol. The number of thiophene rings is 1. The van der Waals surface area contributed by atoms with Gasteiger partial charge in [-0.25, -0.2) is 4.79 Å². The number of rotatable bonds is 5. The molecule has 0 aliphatic rings. The van der Waals surface area contributed by atoms with E-state index >= 15 is 0 Å². The first-order valence-corrected chi connectivity index (χ1v) is 7.61. The largest absolute Gasteiger partial charge is 0.506 e. The second-order valence-corrected chi connectivity index (χ2v) is 5.67. The Kier molecular flexibility index (Phi) is 4.49. The van der Waals surface area contributed by atoms with Crippen LogP contribution in [0.2, 0.25) is 0 Å². The van der Waals surface area contributed by atoms with Gasteiger partial charge in [0.2, 0.25) is 0 Å². The summed E-state index contributed by atoms with van der Waals surface area (Å²) in [7, 11) is 0. The Balaban J connectivity index is 2.63. The quantitative estimate of drug-likeness (QED) is 0.824. The predicted octanol–water partition coefficient (Wildman–Crippen LogP) is 3.71. The highest BCUT2D eigenvalue weighted by Crippen LogP contribution is 2.41. The first-order valence-electron chi connectivity index (χ1n) is 6.80. The second kappa shape index (κ2) is 6.13. The number of fused-ring (bicyclic) bond motifs is 1. The molecule has 0 spiro atoms. The molecule has 20 heavy (non-hydrogen) atoms. The van der Waals surface area contributed by atoms with Crippen LogP contribution in [0.1, 0.15) is 42.6 Å². The van der Waals surface area contributed by atoms with Gasteiger partial charge < -0.3 is 15.6 Å². The zero-order valence-electron chi connectivity index (χ0n) is 11.7. The Labute approximate surface area is 122 Å². The standard InChI is InChI=1S/C15H19NO3S/c1-3-5-6-9-7-8-10(17)13-11(9)12(14(16)20-13)15(18)19-4-2/h7-8,17H,3-6,16H2,1-2H3. The Morgan fingerprint density at radius 3 is 2.80 bits per heavy atom. The molecule has 2 aromatic rings. The number of carbonyl (C=O) groups excluding carboxylic acids is 1. The molecule has 0 bridgehead atoms. The SMILES string of the molecule is CCCCc1ccc(O)c2sc(N)c(C(=O)OCC)c12. The van der Waals surface area contributed by atoms with E-state index in [-0.39, 0.29) is 5.75 Å². The number of carbonyl (C=O) groups is 1. The zero-order chi connectivity index (χ0) is 14.7. The zero-order valence-corrected chi connectivity index (χ0v) is 12.5. The molecular formula is C15H19NO3S. The molecule has 2 rings (SSSR count). The number of unbranched alkanes of at least 4 members (excludes halogenated alkanes) is 1. The normalized spacial score (nSPS) is 10.9. The number of nitrogen functional groups attached to an aromatic ring is 1. The Morgan fingerprint density at radius 2 is 2.15 bits per heavy atom. The number of hydrogen-bond acceptors (Lipinski definition) is 5. The van der Waals surface area contributed by atoms with Crippen molar-refractivity contribution in [3.63, 3.8) is 0 Å². The Morgan fingerprint density at radius 1 is 1.40 bits per heavy atom. The molecule has 0 saturated carbocycles. The highest BCUT2D eigenvalue weighted by Gasteiger charge is 2.22. The third-order valence-corrected chi connectivity index (χ3v) is 4.25. The highest BCUT2D eigenvalue weighted by atomic mass is 32.1. The van der Waals surface area contributed by atoms with Crippen molar-refractivity contribution in [2.75, 3.05) is 12.3 Å². The number of aryl methyl sites for hydroxylation is 1. The summed E-state index contributed by atoms with van der Waals surface area (Å²) < 4.78 is 5.75. The number of hydrogen-bond donors (Lipinski definition) is 2. The van der Waals surface area contributed by atoms with Gasteiger partial charge in [-0.2, -0.15) is 0 Å². The first kappa shape index (κ1) is 14.7. The number of phenolic OH excluding ortho intramolecular Hbond substituents is 1. The van der Waals surface area contributed by atoms with Crippen molar-refractivity contribution in [2.24, 2.45) is 0 Å². The lowest BCUT2D eigenvalue weighted by Crippen LogP contribution is -2.07. The molecule has 0 aliphatic carbocycles. The number of ether oxygens (including phenoxy) is 1. The summed E-state index contributed by atoms with van der Waals surface area (Å²) in [6.45, 7) is 4.18. The lowest BCUT2D eigenvalue weighted by Gasteiger charge is -2.07. The molecule has 1 aromatic heterocycles. The fraction of sp³-hybridized carbons (Fsp3) is 0.400. The lowest BCUT2D eigenvalue weighted by molar-refractivity contribution is 0.0530. The number of esters is 1. The van der Waals surface area contributed by atoms with Crippen LogP contribution in [0.5, 0.6) is 5.75 Å². The minimum absolute atomic E-state index is 0.160.